The maximum Gasteiger partial charge on any atom is 0.263 e. The molecule has 0 N–H and O–H groups in total. The molecule has 3 rings (SSSR count). The second kappa shape index (κ2) is 8.81. The average molecular weight is 385 g/mol. The first-order valence-corrected chi connectivity index (χ1v) is 9.90. The number of thiophene rings is 1. The van der Waals surface area contributed by atoms with E-state index in [9.17, 15) is 4.79 Å². The molecule has 1 amide bonds. The van der Waals surface area contributed by atoms with Crippen LogP contribution in [0.25, 0.3) is 10.7 Å². The van der Waals surface area contributed by atoms with Gasteiger partial charge >= 0.3 is 0 Å². The minimum absolute atomic E-state index is 0.112. The highest BCUT2D eigenvalue weighted by Gasteiger charge is 2.24. The SMILES string of the molecule is CCc1ccccc1O[C@H](C)C(=O)N(CC)Cc1nc(-c2cccs2)no1. The number of aryl methyl sites for hydroxylation is 1. The highest BCUT2D eigenvalue weighted by atomic mass is 32.1. The van der Waals surface area contributed by atoms with Gasteiger partial charge in [0, 0.05) is 6.54 Å². The number of amides is 1. The molecule has 3 aromatic rings. The van der Waals surface area contributed by atoms with E-state index in [1.807, 2.05) is 48.7 Å². The van der Waals surface area contributed by atoms with Gasteiger partial charge in [0.25, 0.3) is 5.91 Å². The molecule has 2 aromatic heterocycles. The van der Waals surface area contributed by atoms with Crippen LogP contribution in [0.2, 0.25) is 0 Å². The molecule has 0 bridgehead atoms. The lowest BCUT2D eigenvalue weighted by Gasteiger charge is -2.24. The predicted octanol–water partition coefficient (Wildman–Crippen LogP) is 4.18. The van der Waals surface area contributed by atoms with Crippen LogP contribution in [0.1, 0.15) is 32.2 Å². The lowest BCUT2D eigenvalue weighted by molar-refractivity contribution is -0.138. The Morgan fingerprint density at radius 2 is 2.07 bits per heavy atom. The van der Waals surface area contributed by atoms with Gasteiger partial charge in [0.15, 0.2) is 6.10 Å². The standard InChI is InChI=1S/C20H23N3O3S/c1-4-15-9-6-7-10-16(15)25-14(3)20(24)23(5-2)13-18-21-19(22-26-18)17-11-8-12-27-17/h6-12,14H,4-5,13H2,1-3H3/t14-/m1/s1. The van der Waals surface area contributed by atoms with E-state index in [0.717, 1.165) is 22.6 Å². The van der Waals surface area contributed by atoms with Crippen LogP contribution in [0.15, 0.2) is 46.3 Å². The molecular formula is C20H23N3O3S. The molecule has 0 fully saturated rings. The summed E-state index contributed by atoms with van der Waals surface area (Å²) in [4.78, 5) is 19.8. The summed E-state index contributed by atoms with van der Waals surface area (Å²) in [7, 11) is 0. The van der Waals surface area contributed by atoms with Crippen molar-refractivity contribution in [3.8, 4) is 16.5 Å². The van der Waals surface area contributed by atoms with E-state index < -0.39 is 6.10 Å². The summed E-state index contributed by atoms with van der Waals surface area (Å²) in [6.07, 6.45) is 0.250. The van der Waals surface area contributed by atoms with Gasteiger partial charge in [0.05, 0.1) is 4.88 Å². The van der Waals surface area contributed by atoms with Crippen LogP contribution in [-0.2, 0) is 17.8 Å². The summed E-state index contributed by atoms with van der Waals surface area (Å²) >= 11 is 1.54. The molecule has 27 heavy (non-hydrogen) atoms. The van der Waals surface area contributed by atoms with E-state index in [0.29, 0.717) is 18.3 Å². The van der Waals surface area contributed by atoms with E-state index in [1.165, 1.54) is 0 Å². The second-order valence-corrected chi connectivity index (χ2v) is 7.01. The number of rotatable bonds is 8. The zero-order chi connectivity index (χ0) is 19.2. The molecule has 0 aliphatic carbocycles. The van der Waals surface area contributed by atoms with Gasteiger partial charge in [-0.3, -0.25) is 4.79 Å². The molecule has 1 atom stereocenters. The quantitative estimate of drug-likeness (QED) is 0.582. The molecule has 0 aliphatic rings. The number of carbonyl (C=O) groups is 1. The van der Waals surface area contributed by atoms with Crippen LogP contribution in [0, 0.1) is 0 Å². The first-order valence-electron chi connectivity index (χ1n) is 9.02. The molecule has 142 valence electrons. The van der Waals surface area contributed by atoms with Gasteiger partial charge in [-0.05, 0) is 43.3 Å². The molecular weight excluding hydrogens is 362 g/mol. The van der Waals surface area contributed by atoms with Crippen molar-refractivity contribution in [1.29, 1.82) is 0 Å². The summed E-state index contributed by atoms with van der Waals surface area (Å²) in [5.74, 6) is 1.59. The fourth-order valence-electron chi connectivity index (χ4n) is 2.74. The fraction of sp³-hybridized carbons (Fsp3) is 0.350. The van der Waals surface area contributed by atoms with Crippen LogP contribution < -0.4 is 4.74 Å². The number of nitrogens with zero attached hydrogens (tertiary/aromatic N) is 3. The monoisotopic (exact) mass is 385 g/mol. The van der Waals surface area contributed by atoms with Gasteiger partial charge in [-0.25, -0.2) is 0 Å². The number of benzene rings is 1. The topological polar surface area (TPSA) is 68.5 Å². The van der Waals surface area contributed by atoms with Crippen molar-refractivity contribution in [1.82, 2.24) is 15.0 Å². The van der Waals surface area contributed by atoms with Crippen LogP contribution in [0.4, 0.5) is 0 Å². The molecule has 0 unspecified atom stereocenters. The van der Waals surface area contributed by atoms with Crippen molar-refractivity contribution in [2.24, 2.45) is 0 Å². The molecule has 0 aliphatic heterocycles. The molecule has 0 saturated carbocycles. The lowest BCUT2D eigenvalue weighted by atomic mass is 10.1. The highest BCUT2D eigenvalue weighted by Crippen LogP contribution is 2.22. The molecule has 2 heterocycles. The van der Waals surface area contributed by atoms with Crippen LogP contribution in [0.3, 0.4) is 0 Å². The van der Waals surface area contributed by atoms with Gasteiger partial charge in [-0.2, -0.15) is 4.98 Å². The number of carbonyl (C=O) groups excluding carboxylic acids is 1. The molecule has 1 aromatic carbocycles. The Morgan fingerprint density at radius 1 is 1.26 bits per heavy atom. The van der Waals surface area contributed by atoms with Crippen molar-refractivity contribution in [2.75, 3.05) is 6.54 Å². The predicted molar refractivity (Wildman–Crippen MR) is 105 cm³/mol. The van der Waals surface area contributed by atoms with Crippen LogP contribution >= 0.6 is 11.3 Å². The summed E-state index contributed by atoms with van der Waals surface area (Å²) in [5, 5.41) is 5.95. The first-order chi connectivity index (χ1) is 13.1. The number of ether oxygens (including phenoxy) is 1. The van der Waals surface area contributed by atoms with Gasteiger partial charge < -0.3 is 14.2 Å². The van der Waals surface area contributed by atoms with Crippen LogP contribution in [-0.4, -0.2) is 33.6 Å². The summed E-state index contributed by atoms with van der Waals surface area (Å²) in [5.41, 5.74) is 1.08. The van der Waals surface area contributed by atoms with Crippen molar-refractivity contribution in [2.45, 2.75) is 39.8 Å². The van der Waals surface area contributed by atoms with E-state index in [4.69, 9.17) is 9.26 Å². The maximum absolute atomic E-state index is 12.8. The van der Waals surface area contributed by atoms with Gasteiger partial charge in [0.2, 0.25) is 11.7 Å². The summed E-state index contributed by atoms with van der Waals surface area (Å²) < 4.78 is 11.2. The summed E-state index contributed by atoms with van der Waals surface area (Å²) in [6, 6.07) is 11.7. The van der Waals surface area contributed by atoms with Crippen LogP contribution in [0.5, 0.6) is 5.75 Å². The van der Waals surface area contributed by atoms with Gasteiger partial charge in [-0.1, -0.05) is 36.3 Å². The Bertz CT molecular complexity index is 876. The molecule has 0 saturated heterocycles. The van der Waals surface area contributed by atoms with E-state index >= 15 is 0 Å². The number of likely N-dealkylation sites (N-methyl/N-ethyl adjacent to an activating group) is 1. The van der Waals surface area contributed by atoms with E-state index in [-0.39, 0.29) is 12.5 Å². The third kappa shape index (κ3) is 4.54. The fourth-order valence-corrected chi connectivity index (χ4v) is 3.39. The van der Waals surface area contributed by atoms with Crippen molar-refractivity contribution in [3.63, 3.8) is 0 Å². The first kappa shape index (κ1) is 19.1. The maximum atomic E-state index is 12.8. The number of aromatic nitrogens is 2. The molecule has 0 spiro atoms. The van der Waals surface area contributed by atoms with Crippen molar-refractivity contribution in [3.05, 3.63) is 53.2 Å². The lowest BCUT2D eigenvalue weighted by Crippen LogP contribution is -2.40. The van der Waals surface area contributed by atoms with Crippen molar-refractivity contribution < 1.29 is 14.1 Å². The third-order valence-electron chi connectivity index (χ3n) is 4.23. The number of hydrogen-bond acceptors (Lipinski definition) is 6. The van der Waals surface area contributed by atoms with E-state index in [2.05, 4.69) is 17.1 Å². The molecule has 0 radical (unpaired) electrons. The second-order valence-electron chi connectivity index (χ2n) is 6.06. The smallest absolute Gasteiger partial charge is 0.263 e. The van der Waals surface area contributed by atoms with Crippen molar-refractivity contribution >= 4 is 17.2 Å². The molecule has 7 heteroatoms. The zero-order valence-corrected chi connectivity index (χ0v) is 16.5. The third-order valence-corrected chi connectivity index (χ3v) is 5.10. The Labute approximate surface area is 162 Å². The molecule has 6 nitrogen and oxygen atoms in total. The minimum Gasteiger partial charge on any atom is -0.481 e. The summed E-state index contributed by atoms with van der Waals surface area (Å²) in [6.45, 7) is 6.53. The Morgan fingerprint density at radius 3 is 2.78 bits per heavy atom. The largest absolute Gasteiger partial charge is 0.481 e. The zero-order valence-electron chi connectivity index (χ0n) is 15.7. The number of para-hydroxylation sites is 1. The Kier molecular flexibility index (Phi) is 6.24. The minimum atomic E-state index is -0.600. The van der Waals surface area contributed by atoms with Gasteiger partial charge in [-0.15, -0.1) is 11.3 Å². The number of hydrogen-bond donors (Lipinski definition) is 0. The normalized spacial score (nSPS) is 12.0. The Hall–Kier alpha value is -2.67. The van der Waals surface area contributed by atoms with E-state index in [1.54, 1.807) is 23.2 Å². The van der Waals surface area contributed by atoms with Gasteiger partial charge in [0.1, 0.15) is 12.3 Å². The average Bonchev–Trinajstić information content (AvgIpc) is 3.37. The highest BCUT2D eigenvalue weighted by molar-refractivity contribution is 7.13. The Balaban J connectivity index is 1.66.